The van der Waals surface area contributed by atoms with Crippen LogP contribution < -0.4 is 0 Å². The molecular weight excluding hydrogens is 235 g/mol. The highest BCUT2D eigenvalue weighted by Gasteiger charge is 2.18. The molecule has 0 saturated carbocycles. The molecule has 0 aliphatic carbocycles. The Bertz CT molecular complexity index is 400. The van der Waals surface area contributed by atoms with E-state index in [1.165, 1.54) is 44.7 Å². The quantitative estimate of drug-likeness (QED) is 0.783. The van der Waals surface area contributed by atoms with Crippen molar-refractivity contribution in [1.29, 1.82) is 0 Å². The predicted octanol–water partition coefficient (Wildman–Crippen LogP) is 2.22. The van der Waals surface area contributed by atoms with Crippen LogP contribution in [0.2, 0.25) is 5.82 Å². The standard InChI is InChI=1S/C14H27BN4/c1-11(2)15-18-9-5-7-13-14(8-6-10-18)19(12(3)4)17-16-13/h11-12,15H,5-10H2,1-4H3. The third-order valence-corrected chi connectivity index (χ3v) is 3.76. The van der Waals surface area contributed by atoms with Crippen molar-refractivity contribution in [3.63, 3.8) is 0 Å². The first-order chi connectivity index (χ1) is 9.08. The van der Waals surface area contributed by atoms with E-state index < -0.39 is 0 Å². The third kappa shape index (κ3) is 3.82. The first-order valence-electron chi connectivity index (χ1n) is 7.73. The van der Waals surface area contributed by atoms with E-state index in [4.69, 9.17) is 0 Å². The molecule has 2 heterocycles. The SMILES string of the molecule is CC(C)BN1CCCc2nnn(C(C)C)c2CCC1. The van der Waals surface area contributed by atoms with Crippen LogP contribution in [0, 0.1) is 0 Å². The average molecular weight is 262 g/mol. The molecule has 0 atom stereocenters. The Kier molecular flexibility index (Phi) is 5.02. The first-order valence-corrected chi connectivity index (χ1v) is 7.73. The molecule has 4 nitrogen and oxygen atoms in total. The van der Waals surface area contributed by atoms with Crippen LogP contribution in [-0.4, -0.2) is 40.3 Å². The van der Waals surface area contributed by atoms with Gasteiger partial charge in [0.2, 0.25) is 7.41 Å². The van der Waals surface area contributed by atoms with Crippen molar-refractivity contribution >= 4 is 7.41 Å². The lowest BCUT2D eigenvalue weighted by atomic mass is 9.76. The normalized spacial score (nSPS) is 18.0. The van der Waals surface area contributed by atoms with Gasteiger partial charge >= 0.3 is 0 Å². The molecule has 0 spiro atoms. The summed E-state index contributed by atoms with van der Waals surface area (Å²) in [5.41, 5.74) is 2.61. The summed E-state index contributed by atoms with van der Waals surface area (Å²) in [4.78, 5) is 2.61. The number of hydrogen-bond acceptors (Lipinski definition) is 3. The van der Waals surface area contributed by atoms with Gasteiger partial charge < -0.3 is 4.81 Å². The van der Waals surface area contributed by atoms with Gasteiger partial charge in [0.05, 0.1) is 11.4 Å². The van der Waals surface area contributed by atoms with E-state index in [1.807, 2.05) is 0 Å². The number of aromatic nitrogens is 3. The first kappa shape index (κ1) is 14.6. The van der Waals surface area contributed by atoms with Crippen LogP contribution in [0.15, 0.2) is 0 Å². The molecule has 0 N–H and O–H groups in total. The zero-order valence-corrected chi connectivity index (χ0v) is 12.9. The largest absolute Gasteiger partial charge is 0.345 e. The van der Waals surface area contributed by atoms with E-state index in [1.54, 1.807) is 0 Å². The lowest BCUT2D eigenvalue weighted by molar-refractivity contribution is 0.418. The zero-order chi connectivity index (χ0) is 13.8. The second-order valence-electron chi connectivity index (χ2n) is 6.42. The van der Waals surface area contributed by atoms with Gasteiger partial charge in [-0.05, 0) is 52.6 Å². The van der Waals surface area contributed by atoms with Gasteiger partial charge in [0, 0.05) is 6.04 Å². The summed E-state index contributed by atoms with van der Waals surface area (Å²) in [7, 11) is 1.22. The molecule has 0 aromatic carbocycles. The smallest absolute Gasteiger partial charge is 0.206 e. The van der Waals surface area contributed by atoms with Crippen molar-refractivity contribution in [2.75, 3.05) is 13.1 Å². The van der Waals surface area contributed by atoms with Gasteiger partial charge in [-0.1, -0.05) is 24.9 Å². The number of aryl methyl sites for hydroxylation is 1. The fourth-order valence-electron chi connectivity index (χ4n) is 2.97. The molecule has 0 radical (unpaired) electrons. The lowest BCUT2D eigenvalue weighted by Gasteiger charge is -2.22. The molecular formula is C14H27BN4. The summed E-state index contributed by atoms with van der Waals surface area (Å²) < 4.78 is 2.12. The second kappa shape index (κ2) is 6.55. The van der Waals surface area contributed by atoms with Crippen molar-refractivity contribution in [1.82, 2.24) is 19.8 Å². The van der Waals surface area contributed by atoms with Gasteiger partial charge in [0.25, 0.3) is 0 Å². The van der Waals surface area contributed by atoms with Crippen molar-refractivity contribution < 1.29 is 0 Å². The Morgan fingerprint density at radius 3 is 2.37 bits per heavy atom. The molecule has 0 saturated heterocycles. The Morgan fingerprint density at radius 1 is 1.05 bits per heavy atom. The van der Waals surface area contributed by atoms with Gasteiger partial charge in [-0.2, -0.15) is 0 Å². The second-order valence-corrected chi connectivity index (χ2v) is 6.42. The van der Waals surface area contributed by atoms with E-state index in [0.29, 0.717) is 6.04 Å². The van der Waals surface area contributed by atoms with E-state index >= 15 is 0 Å². The van der Waals surface area contributed by atoms with Crippen LogP contribution >= 0.6 is 0 Å². The molecule has 1 aliphatic rings. The highest BCUT2D eigenvalue weighted by Crippen LogP contribution is 2.18. The monoisotopic (exact) mass is 262 g/mol. The summed E-state index contributed by atoms with van der Waals surface area (Å²) in [6.07, 6.45) is 4.63. The lowest BCUT2D eigenvalue weighted by Crippen LogP contribution is -2.31. The third-order valence-electron chi connectivity index (χ3n) is 3.76. The maximum absolute atomic E-state index is 4.40. The fourth-order valence-corrected chi connectivity index (χ4v) is 2.97. The Hall–Kier alpha value is -0.835. The summed E-state index contributed by atoms with van der Waals surface area (Å²) in [5, 5.41) is 8.73. The summed E-state index contributed by atoms with van der Waals surface area (Å²) in [6, 6.07) is 0.420. The summed E-state index contributed by atoms with van der Waals surface area (Å²) in [6.45, 7) is 11.4. The number of rotatable bonds is 3. The topological polar surface area (TPSA) is 34.0 Å². The van der Waals surface area contributed by atoms with Crippen molar-refractivity contribution in [3.05, 3.63) is 11.4 Å². The Morgan fingerprint density at radius 2 is 1.74 bits per heavy atom. The Labute approximate surface area is 117 Å². The van der Waals surface area contributed by atoms with Crippen molar-refractivity contribution in [2.24, 2.45) is 0 Å². The molecule has 2 rings (SSSR count). The maximum Gasteiger partial charge on any atom is 0.206 e. The van der Waals surface area contributed by atoms with Crippen LogP contribution in [-0.2, 0) is 12.8 Å². The number of nitrogens with zero attached hydrogens (tertiary/aromatic N) is 4. The van der Waals surface area contributed by atoms with E-state index in [2.05, 4.69) is 47.5 Å². The minimum Gasteiger partial charge on any atom is -0.345 e. The number of hydrogen-bond donors (Lipinski definition) is 0. The predicted molar refractivity (Wildman–Crippen MR) is 80.9 cm³/mol. The molecule has 1 aliphatic heterocycles. The van der Waals surface area contributed by atoms with E-state index in [9.17, 15) is 0 Å². The molecule has 0 fully saturated rings. The molecule has 19 heavy (non-hydrogen) atoms. The minimum absolute atomic E-state index is 0.420. The Balaban J connectivity index is 2.05. The molecule has 1 aromatic rings. The highest BCUT2D eigenvalue weighted by molar-refractivity contribution is 6.33. The molecule has 0 amide bonds. The summed E-state index contributed by atoms with van der Waals surface area (Å²) in [5.74, 6) is 0.757. The highest BCUT2D eigenvalue weighted by atomic mass is 15.4. The fraction of sp³-hybridized carbons (Fsp3) is 0.857. The van der Waals surface area contributed by atoms with Crippen molar-refractivity contribution in [3.8, 4) is 0 Å². The van der Waals surface area contributed by atoms with Gasteiger partial charge in [0.15, 0.2) is 0 Å². The van der Waals surface area contributed by atoms with Gasteiger partial charge in [-0.3, -0.25) is 0 Å². The van der Waals surface area contributed by atoms with Crippen LogP contribution in [0.1, 0.15) is 58.0 Å². The number of fused-ring (bicyclic) bond motifs is 1. The van der Waals surface area contributed by atoms with Crippen LogP contribution in [0.4, 0.5) is 0 Å². The van der Waals surface area contributed by atoms with Gasteiger partial charge in [-0.15, -0.1) is 5.10 Å². The average Bonchev–Trinajstić information content (AvgIpc) is 2.73. The summed E-state index contributed by atoms with van der Waals surface area (Å²) >= 11 is 0. The van der Waals surface area contributed by atoms with Crippen LogP contribution in [0.25, 0.3) is 0 Å². The van der Waals surface area contributed by atoms with Gasteiger partial charge in [0.1, 0.15) is 0 Å². The molecule has 106 valence electrons. The van der Waals surface area contributed by atoms with E-state index in [0.717, 1.165) is 18.7 Å². The van der Waals surface area contributed by atoms with Crippen LogP contribution in [0.3, 0.4) is 0 Å². The van der Waals surface area contributed by atoms with Crippen molar-refractivity contribution in [2.45, 2.75) is 65.2 Å². The van der Waals surface area contributed by atoms with Gasteiger partial charge in [-0.25, -0.2) is 4.68 Å². The maximum atomic E-state index is 4.40. The molecule has 1 aromatic heterocycles. The zero-order valence-electron chi connectivity index (χ0n) is 12.9. The molecule has 0 unspecified atom stereocenters. The van der Waals surface area contributed by atoms with E-state index in [-0.39, 0.29) is 0 Å². The molecule has 0 bridgehead atoms. The minimum atomic E-state index is 0.420. The molecule has 5 heteroatoms. The van der Waals surface area contributed by atoms with Crippen LogP contribution in [0.5, 0.6) is 0 Å².